The Labute approximate surface area is 175 Å². The number of carboxylic acid groups (broad SMARTS) is 1. The average molecular weight is 442 g/mol. The van der Waals surface area contributed by atoms with Crippen LogP contribution in [0.25, 0.3) is 0 Å². The maximum absolute atomic E-state index is 13.0. The van der Waals surface area contributed by atoms with Crippen molar-refractivity contribution in [2.45, 2.75) is 18.6 Å². The lowest BCUT2D eigenvalue weighted by Crippen LogP contribution is -2.51. The fourth-order valence-electron chi connectivity index (χ4n) is 3.50. The van der Waals surface area contributed by atoms with Gasteiger partial charge in [-0.05, 0) is 35.9 Å². The molecule has 0 bridgehead atoms. The van der Waals surface area contributed by atoms with E-state index in [-0.39, 0.29) is 25.3 Å². The van der Waals surface area contributed by atoms with Crippen LogP contribution in [0.1, 0.15) is 23.6 Å². The van der Waals surface area contributed by atoms with Crippen molar-refractivity contribution in [1.29, 1.82) is 0 Å². The average Bonchev–Trinajstić information content (AvgIpc) is 2.67. The lowest BCUT2D eigenvalue weighted by Gasteiger charge is -2.43. The zero-order valence-electron chi connectivity index (χ0n) is 15.7. The molecule has 2 aromatic rings. The van der Waals surface area contributed by atoms with Gasteiger partial charge in [-0.15, -0.1) is 0 Å². The number of nitrogens with zero attached hydrogens (tertiary/aromatic N) is 2. The van der Waals surface area contributed by atoms with Gasteiger partial charge in [-0.3, -0.25) is 9.59 Å². The third-order valence-electron chi connectivity index (χ3n) is 4.95. The number of alkyl halides is 3. The minimum atomic E-state index is -4.51. The van der Waals surface area contributed by atoms with E-state index in [0.29, 0.717) is 10.7 Å². The quantitative estimate of drug-likeness (QED) is 0.556. The summed E-state index contributed by atoms with van der Waals surface area (Å²) >= 11 is 5.96. The van der Waals surface area contributed by atoms with Crippen molar-refractivity contribution in [3.63, 3.8) is 0 Å². The van der Waals surface area contributed by atoms with Crippen molar-refractivity contribution in [1.82, 2.24) is 4.90 Å². The zero-order valence-corrected chi connectivity index (χ0v) is 16.5. The highest BCUT2D eigenvalue weighted by atomic mass is 35.5. The van der Waals surface area contributed by atoms with Crippen LogP contribution in [0, 0.1) is 0 Å². The minimum Gasteiger partial charge on any atom is -0.481 e. The lowest BCUT2D eigenvalue weighted by atomic mass is 10.00. The standard InChI is InChI=1S/C20H19ClF3N3O3/c21-14-4-1-12(2-5-14)17-11-26(18(28)10-19(29)30)7-8-27(17)16-6-3-13(9-15(16)25)20(22,23)24/h1-6,9,17H,7-8,10-11,25H2,(H,29,30). The van der Waals surface area contributed by atoms with E-state index in [1.165, 1.54) is 11.0 Å². The number of hydrogen-bond acceptors (Lipinski definition) is 4. The summed E-state index contributed by atoms with van der Waals surface area (Å²) < 4.78 is 39.0. The second-order valence-electron chi connectivity index (χ2n) is 6.94. The van der Waals surface area contributed by atoms with Gasteiger partial charge >= 0.3 is 12.1 Å². The Morgan fingerprint density at radius 2 is 1.80 bits per heavy atom. The van der Waals surface area contributed by atoms with Crippen molar-refractivity contribution in [3.8, 4) is 0 Å². The Hall–Kier alpha value is -2.94. The van der Waals surface area contributed by atoms with Crippen LogP contribution in [0.5, 0.6) is 0 Å². The molecule has 1 amide bonds. The number of carbonyl (C=O) groups excluding carboxylic acids is 1. The predicted octanol–water partition coefficient (Wildman–Crippen LogP) is 3.81. The number of aliphatic carboxylic acids is 1. The van der Waals surface area contributed by atoms with Gasteiger partial charge in [-0.25, -0.2) is 0 Å². The van der Waals surface area contributed by atoms with Crippen LogP contribution in [-0.2, 0) is 15.8 Å². The van der Waals surface area contributed by atoms with Gasteiger partial charge in [0.1, 0.15) is 6.42 Å². The zero-order chi connectivity index (χ0) is 22.1. The van der Waals surface area contributed by atoms with Crippen LogP contribution < -0.4 is 10.6 Å². The Morgan fingerprint density at radius 3 is 2.37 bits per heavy atom. The summed E-state index contributed by atoms with van der Waals surface area (Å²) in [6, 6.07) is 9.58. The number of carbonyl (C=O) groups is 2. The van der Waals surface area contributed by atoms with Crippen molar-refractivity contribution in [2.24, 2.45) is 0 Å². The van der Waals surface area contributed by atoms with Gasteiger partial charge in [0.15, 0.2) is 0 Å². The van der Waals surface area contributed by atoms with E-state index >= 15 is 0 Å². The Bertz CT molecular complexity index is 951. The molecule has 3 rings (SSSR count). The summed E-state index contributed by atoms with van der Waals surface area (Å²) in [7, 11) is 0. The monoisotopic (exact) mass is 441 g/mol. The number of amides is 1. The first-order valence-corrected chi connectivity index (χ1v) is 9.42. The molecule has 0 saturated carbocycles. The van der Waals surface area contributed by atoms with E-state index < -0.39 is 36.1 Å². The number of carboxylic acids is 1. The van der Waals surface area contributed by atoms with E-state index in [1.54, 1.807) is 24.3 Å². The minimum absolute atomic E-state index is 0.0332. The molecular formula is C20H19ClF3N3O3. The number of nitrogen functional groups attached to an aromatic ring is 1. The molecular weight excluding hydrogens is 423 g/mol. The topological polar surface area (TPSA) is 86.9 Å². The third kappa shape index (κ3) is 4.79. The third-order valence-corrected chi connectivity index (χ3v) is 5.21. The Kier molecular flexibility index (Phi) is 6.12. The highest BCUT2D eigenvalue weighted by Gasteiger charge is 2.34. The number of piperazine rings is 1. The van der Waals surface area contributed by atoms with Gasteiger partial charge in [0.05, 0.1) is 23.0 Å². The maximum Gasteiger partial charge on any atom is 0.416 e. The van der Waals surface area contributed by atoms with Gasteiger partial charge < -0.3 is 20.6 Å². The molecule has 1 saturated heterocycles. The molecule has 0 spiro atoms. The normalized spacial score (nSPS) is 17.1. The van der Waals surface area contributed by atoms with E-state index in [4.69, 9.17) is 22.4 Å². The highest BCUT2D eigenvalue weighted by molar-refractivity contribution is 6.30. The van der Waals surface area contributed by atoms with Crippen LogP contribution in [0.15, 0.2) is 42.5 Å². The maximum atomic E-state index is 13.0. The first kappa shape index (κ1) is 21.8. The van der Waals surface area contributed by atoms with E-state index in [0.717, 1.165) is 17.7 Å². The Balaban J connectivity index is 1.95. The predicted molar refractivity (Wildman–Crippen MR) is 106 cm³/mol. The second kappa shape index (κ2) is 8.43. The molecule has 1 unspecified atom stereocenters. The molecule has 1 heterocycles. The number of benzene rings is 2. The molecule has 160 valence electrons. The second-order valence-corrected chi connectivity index (χ2v) is 7.38. The molecule has 10 heteroatoms. The molecule has 1 atom stereocenters. The fourth-order valence-corrected chi connectivity index (χ4v) is 3.63. The summed E-state index contributed by atoms with van der Waals surface area (Å²) in [6.45, 7) is 0.652. The van der Waals surface area contributed by atoms with Crippen LogP contribution in [0.4, 0.5) is 24.5 Å². The molecule has 2 aromatic carbocycles. The smallest absolute Gasteiger partial charge is 0.416 e. The number of halogens is 4. The van der Waals surface area contributed by atoms with E-state index in [1.807, 2.05) is 4.90 Å². The van der Waals surface area contributed by atoms with Gasteiger partial charge in [0.2, 0.25) is 5.91 Å². The molecule has 1 aliphatic heterocycles. The molecule has 30 heavy (non-hydrogen) atoms. The molecule has 6 nitrogen and oxygen atoms in total. The molecule has 0 radical (unpaired) electrons. The van der Waals surface area contributed by atoms with Crippen LogP contribution >= 0.6 is 11.6 Å². The molecule has 1 fully saturated rings. The van der Waals surface area contributed by atoms with Gasteiger partial charge in [0, 0.05) is 24.7 Å². The number of nitrogens with two attached hydrogens (primary N) is 1. The summed E-state index contributed by atoms with van der Waals surface area (Å²) in [6.07, 6.45) is -5.14. The highest BCUT2D eigenvalue weighted by Crippen LogP contribution is 2.38. The number of anilines is 2. The fraction of sp³-hybridized carbons (Fsp3) is 0.300. The van der Waals surface area contributed by atoms with Crippen LogP contribution in [-0.4, -0.2) is 41.5 Å². The Morgan fingerprint density at radius 1 is 1.13 bits per heavy atom. The largest absolute Gasteiger partial charge is 0.481 e. The van der Waals surface area contributed by atoms with Crippen LogP contribution in [0.3, 0.4) is 0 Å². The molecule has 0 aromatic heterocycles. The van der Waals surface area contributed by atoms with Gasteiger partial charge in [-0.2, -0.15) is 13.2 Å². The first-order chi connectivity index (χ1) is 14.1. The summed E-state index contributed by atoms with van der Waals surface area (Å²) in [5.41, 5.74) is 6.25. The van der Waals surface area contributed by atoms with Crippen molar-refractivity contribution < 1.29 is 27.9 Å². The first-order valence-electron chi connectivity index (χ1n) is 9.04. The van der Waals surface area contributed by atoms with Crippen LogP contribution in [0.2, 0.25) is 5.02 Å². The molecule has 3 N–H and O–H groups in total. The van der Waals surface area contributed by atoms with Crippen molar-refractivity contribution >= 4 is 34.9 Å². The lowest BCUT2D eigenvalue weighted by molar-refractivity contribution is -0.144. The molecule has 0 aliphatic carbocycles. The van der Waals surface area contributed by atoms with E-state index in [9.17, 15) is 22.8 Å². The summed E-state index contributed by atoms with van der Waals surface area (Å²) in [4.78, 5) is 26.4. The van der Waals surface area contributed by atoms with Gasteiger partial charge in [-0.1, -0.05) is 23.7 Å². The van der Waals surface area contributed by atoms with Crippen molar-refractivity contribution in [2.75, 3.05) is 30.3 Å². The SMILES string of the molecule is Nc1cc(C(F)(F)F)ccc1N1CCN(C(=O)CC(=O)O)CC1c1ccc(Cl)cc1. The van der Waals surface area contributed by atoms with E-state index in [2.05, 4.69) is 0 Å². The van der Waals surface area contributed by atoms with Crippen molar-refractivity contribution in [3.05, 3.63) is 58.6 Å². The number of rotatable bonds is 4. The van der Waals surface area contributed by atoms with Gasteiger partial charge in [0.25, 0.3) is 0 Å². The summed E-state index contributed by atoms with van der Waals surface area (Å²) in [5, 5.41) is 9.41. The number of hydrogen-bond donors (Lipinski definition) is 2. The summed E-state index contributed by atoms with van der Waals surface area (Å²) in [5.74, 6) is -1.75. The molecule has 1 aliphatic rings.